The van der Waals surface area contributed by atoms with Crippen molar-refractivity contribution in [1.82, 2.24) is 4.90 Å². The van der Waals surface area contributed by atoms with E-state index in [1.807, 2.05) is 30.3 Å². The number of hydrogen-bond donors (Lipinski definition) is 0. The second-order valence-corrected chi connectivity index (χ2v) is 3.48. The van der Waals surface area contributed by atoms with Crippen LogP contribution in [0.15, 0.2) is 36.4 Å². The molecule has 0 saturated carbocycles. The maximum atomic E-state index is 11.4. The van der Waals surface area contributed by atoms with Crippen molar-refractivity contribution in [2.24, 2.45) is 0 Å². The fraction of sp³-hybridized carbons (Fsp3) is 0.167. The van der Waals surface area contributed by atoms with Gasteiger partial charge < -0.3 is 0 Å². The lowest BCUT2D eigenvalue weighted by molar-refractivity contribution is -0.138. The quantitative estimate of drug-likeness (QED) is 0.689. The lowest BCUT2D eigenvalue weighted by Gasteiger charge is -2.11. The Balaban J connectivity index is 2.25. The maximum absolute atomic E-state index is 11.4. The van der Waals surface area contributed by atoms with Gasteiger partial charge in [-0.2, -0.15) is 0 Å². The molecule has 3 nitrogen and oxygen atoms in total. The summed E-state index contributed by atoms with van der Waals surface area (Å²) in [5, 5.41) is 0. The highest BCUT2D eigenvalue weighted by atomic mass is 16.2. The zero-order valence-electron chi connectivity index (χ0n) is 8.43. The third-order valence-corrected chi connectivity index (χ3v) is 2.42. The van der Waals surface area contributed by atoms with Gasteiger partial charge in [0.25, 0.3) is 5.91 Å². The molecule has 0 saturated heterocycles. The summed E-state index contributed by atoms with van der Waals surface area (Å²) in [4.78, 5) is 23.8. The van der Waals surface area contributed by atoms with Crippen molar-refractivity contribution in [3.63, 3.8) is 0 Å². The highest BCUT2D eigenvalue weighted by Crippen LogP contribution is 2.21. The van der Waals surface area contributed by atoms with Gasteiger partial charge >= 0.3 is 0 Å². The summed E-state index contributed by atoms with van der Waals surface area (Å²) in [7, 11) is 0. The normalized spacial score (nSPS) is 15.4. The smallest absolute Gasteiger partial charge is 0.253 e. The third-order valence-electron chi connectivity index (χ3n) is 2.42. The topological polar surface area (TPSA) is 37.4 Å². The van der Waals surface area contributed by atoms with E-state index in [0.717, 1.165) is 11.1 Å². The van der Waals surface area contributed by atoms with Gasteiger partial charge in [-0.1, -0.05) is 30.3 Å². The summed E-state index contributed by atoms with van der Waals surface area (Å²) in [5.41, 5.74) is 1.89. The molecule has 1 aromatic carbocycles. The number of hydrogen-bond acceptors (Lipinski definition) is 2. The summed E-state index contributed by atoms with van der Waals surface area (Å²) < 4.78 is 0. The van der Waals surface area contributed by atoms with E-state index in [1.54, 1.807) is 0 Å². The predicted octanol–water partition coefficient (Wildman–Crippen LogP) is 1.46. The molecule has 1 aliphatic rings. The number of amides is 2. The average Bonchev–Trinajstić information content (AvgIpc) is 2.62. The Hall–Kier alpha value is -1.90. The molecule has 0 fully saturated rings. The number of benzene rings is 1. The zero-order valence-corrected chi connectivity index (χ0v) is 8.43. The molecule has 1 heterocycles. The van der Waals surface area contributed by atoms with Gasteiger partial charge in [-0.15, -0.1) is 0 Å². The summed E-state index contributed by atoms with van der Waals surface area (Å²) >= 11 is 0. The van der Waals surface area contributed by atoms with Crippen LogP contribution in [0.25, 0.3) is 5.57 Å². The third kappa shape index (κ3) is 1.81. The molecule has 3 heteroatoms. The van der Waals surface area contributed by atoms with Crippen molar-refractivity contribution < 1.29 is 9.59 Å². The molecule has 0 bridgehead atoms. The predicted molar refractivity (Wildman–Crippen MR) is 56.8 cm³/mol. The minimum Gasteiger partial charge on any atom is -0.275 e. The van der Waals surface area contributed by atoms with E-state index in [1.165, 1.54) is 17.9 Å². The van der Waals surface area contributed by atoms with Crippen molar-refractivity contribution in [3.05, 3.63) is 42.0 Å². The SMILES string of the molecule is CC(=O)N1CC(c2ccccc2)=CC1=O. The van der Waals surface area contributed by atoms with Crippen molar-refractivity contribution in [2.45, 2.75) is 6.92 Å². The van der Waals surface area contributed by atoms with E-state index >= 15 is 0 Å². The van der Waals surface area contributed by atoms with Crippen LogP contribution in [0.2, 0.25) is 0 Å². The molecule has 0 radical (unpaired) electrons. The van der Waals surface area contributed by atoms with Crippen molar-refractivity contribution in [3.8, 4) is 0 Å². The fourth-order valence-electron chi connectivity index (χ4n) is 1.61. The molecule has 76 valence electrons. The van der Waals surface area contributed by atoms with Crippen LogP contribution in [0.1, 0.15) is 12.5 Å². The van der Waals surface area contributed by atoms with Crippen LogP contribution in [0.4, 0.5) is 0 Å². The number of nitrogens with zero attached hydrogens (tertiary/aromatic N) is 1. The molecule has 1 aliphatic heterocycles. The Morgan fingerprint density at radius 1 is 1.27 bits per heavy atom. The van der Waals surface area contributed by atoms with E-state index in [2.05, 4.69) is 0 Å². The zero-order chi connectivity index (χ0) is 10.8. The van der Waals surface area contributed by atoms with Crippen LogP contribution in [-0.2, 0) is 9.59 Å². The Kier molecular flexibility index (Phi) is 2.37. The van der Waals surface area contributed by atoms with E-state index in [4.69, 9.17) is 0 Å². The first-order valence-electron chi connectivity index (χ1n) is 4.76. The molecular weight excluding hydrogens is 190 g/mol. The average molecular weight is 201 g/mol. The minimum absolute atomic E-state index is 0.206. The van der Waals surface area contributed by atoms with Crippen LogP contribution in [0.5, 0.6) is 0 Å². The minimum atomic E-state index is -0.221. The molecule has 0 atom stereocenters. The molecule has 0 aliphatic carbocycles. The van der Waals surface area contributed by atoms with Gasteiger partial charge in [0, 0.05) is 13.0 Å². The molecule has 0 spiro atoms. The Bertz CT molecular complexity index is 434. The van der Waals surface area contributed by atoms with Gasteiger partial charge in [-0.25, -0.2) is 0 Å². The van der Waals surface area contributed by atoms with Crippen LogP contribution in [0.3, 0.4) is 0 Å². The number of imide groups is 1. The Labute approximate surface area is 88.0 Å². The van der Waals surface area contributed by atoms with Gasteiger partial charge in [0.1, 0.15) is 0 Å². The van der Waals surface area contributed by atoms with E-state index in [-0.39, 0.29) is 11.8 Å². The van der Waals surface area contributed by atoms with Gasteiger partial charge in [0.05, 0.1) is 6.54 Å². The lowest BCUT2D eigenvalue weighted by Crippen LogP contribution is -2.30. The van der Waals surface area contributed by atoms with Gasteiger partial charge in [0.15, 0.2) is 0 Å². The summed E-state index contributed by atoms with van der Waals surface area (Å²) in [6.45, 7) is 1.79. The molecule has 1 aromatic rings. The molecule has 0 N–H and O–H groups in total. The summed E-state index contributed by atoms with van der Waals surface area (Å²) in [6, 6.07) is 9.61. The highest BCUT2D eigenvalue weighted by molar-refractivity contribution is 6.09. The van der Waals surface area contributed by atoms with Crippen LogP contribution in [0, 0.1) is 0 Å². The molecule has 15 heavy (non-hydrogen) atoms. The largest absolute Gasteiger partial charge is 0.275 e. The first-order valence-corrected chi connectivity index (χ1v) is 4.76. The lowest BCUT2D eigenvalue weighted by atomic mass is 10.1. The fourth-order valence-corrected chi connectivity index (χ4v) is 1.61. The van der Waals surface area contributed by atoms with E-state index in [9.17, 15) is 9.59 Å². The van der Waals surface area contributed by atoms with Gasteiger partial charge in [0.2, 0.25) is 5.91 Å². The molecular formula is C12H11NO2. The Morgan fingerprint density at radius 3 is 2.47 bits per heavy atom. The van der Waals surface area contributed by atoms with E-state index in [0.29, 0.717) is 6.54 Å². The molecule has 0 unspecified atom stereocenters. The monoisotopic (exact) mass is 201 g/mol. The summed E-state index contributed by atoms with van der Waals surface area (Å²) in [5.74, 6) is -0.427. The van der Waals surface area contributed by atoms with E-state index < -0.39 is 0 Å². The number of carbonyl (C=O) groups is 2. The number of carbonyl (C=O) groups excluding carboxylic acids is 2. The highest BCUT2D eigenvalue weighted by Gasteiger charge is 2.24. The van der Waals surface area contributed by atoms with Gasteiger partial charge in [-0.05, 0) is 11.1 Å². The first-order chi connectivity index (χ1) is 7.18. The van der Waals surface area contributed by atoms with Crippen molar-refractivity contribution in [2.75, 3.05) is 6.54 Å². The van der Waals surface area contributed by atoms with Gasteiger partial charge in [-0.3, -0.25) is 14.5 Å². The second-order valence-electron chi connectivity index (χ2n) is 3.48. The first kappa shape index (κ1) is 9.65. The maximum Gasteiger partial charge on any atom is 0.253 e. The van der Waals surface area contributed by atoms with Crippen LogP contribution < -0.4 is 0 Å². The van der Waals surface area contributed by atoms with Crippen molar-refractivity contribution >= 4 is 17.4 Å². The molecule has 0 aromatic heterocycles. The van der Waals surface area contributed by atoms with Crippen LogP contribution in [-0.4, -0.2) is 23.3 Å². The number of rotatable bonds is 1. The van der Waals surface area contributed by atoms with Crippen molar-refractivity contribution in [1.29, 1.82) is 0 Å². The second kappa shape index (κ2) is 3.69. The summed E-state index contributed by atoms with van der Waals surface area (Å²) in [6.07, 6.45) is 1.52. The Morgan fingerprint density at radius 2 is 1.93 bits per heavy atom. The molecule has 2 rings (SSSR count). The molecule has 2 amide bonds. The standard InChI is InChI=1S/C12H11NO2/c1-9(14)13-8-11(7-12(13)15)10-5-3-2-4-6-10/h2-7H,8H2,1H3. The van der Waals surface area contributed by atoms with Crippen LogP contribution >= 0.6 is 0 Å².